The van der Waals surface area contributed by atoms with Crippen molar-refractivity contribution in [2.45, 2.75) is 25.7 Å². The van der Waals surface area contributed by atoms with Crippen LogP contribution in [-0.2, 0) is 23.9 Å². The van der Waals surface area contributed by atoms with Crippen molar-refractivity contribution in [1.82, 2.24) is 10.2 Å². The SMILES string of the molecule is CCOC(=O)C1(F)C(=O)NC(=O)N(C(C)=O)C1OC. The van der Waals surface area contributed by atoms with Crippen LogP contribution in [0.2, 0.25) is 0 Å². The second-order valence-electron chi connectivity index (χ2n) is 3.67. The molecule has 1 fully saturated rings. The molecule has 1 heterocycles. The number of alkyl halides is 1. The molecule has 0 bridgehead atoms. The molecule has 0 aromatic carbocycles. The van der Waals surface area contributed by atoms with Crippen LogP contribution >= 0.6 is 0 Å². The van der Waals surface area contributed by atoms with E-state index in [0.29, 0.717) is 4.90 Å². The summed E-state index contributed by atoms with van der Waals surface area (Å²) in [4.78, 5) is 46.2. The maximum absolute atomic E-state index is 14.6. The molecule has 2 atom stereocenters. The summed E-state index contributed by atoms with van der Waals surface area (Å²) < 4.78 is 23.7. The molecule has 4 amide bonds. The van der Waals surface area contributed by atoms with Gasteiger partial charge >= 0.3 is 17.7 Å². The summed E-state index contributed by atoms with van der Waals surface area (Å²) in [7, 11) is 0.958. The molecule has 1 saturated heterocycles. The van der Waals surface area contributed by atoms with E-state index >= 15 is 0 Å². The van der Waals surface area contributed by atoms with Crippen LogP contribution in [0.25, 0.3) is 0 Å². The second-order valence-corrected chi connectivity index (χ2v) is 3.67. The highest BCUT2D eigenvalue weighted by Gasteiger charge is 2.63. The Labute approximate surface area is 107 Å². The van der Waals surface area contributed by atoms with Crippen LogP contribution in [0.5, 0.6) is 0 Å². The van der Waals surface area contributed by atoms with Gasteiger partial charge in [0.25, 0.3) is 5.91 Å². The standard InChI is InChI=1S/C10H13FN2O6/c1-4-19-8(16)10(11)6(15)12-9(17)13(5(2)14)7(10)18-3/h7H,4H2,1-3H3,(H,12,15,17). The summed E-state index contributed by atoms with van der Waals surface area (Å²) in [6, 6.07) is -1.16. The van der Waals surface area contributed by atoms with Gasteiger partial charge in [-0.05, 0) is 6.92 Å². The first-order valence-electron chi connectivity index (χ1n) is 5.34. The highest BCUT2D eigenvalue weighted by Crippen LogP contribution is 2.28. The molecule has 0 aromatic heterocycles. The molecule has 9 heteroatoms. The van der Waals surface area contributed by atoms with Gasteiger partial charge in [0.2, 0.25) is 5.91 Å². The Morgan fingerprint density at radius 3 is 2.47 bits per heavy atom. The lowest BCUT2D eigenvalue weighted by Crippen LogP contribution is -2.72. The Kier molecular flexibility index (Phi) is 4.20. The Balaban J connectivity index is 3.26. The van der Waals surface area contributed by atoms with Crippen molar-refractivity contribution in [2.24, 2.45) is 0 Å². The highest BCUT2D eigenvalue weighted by molar-refractivity contribution is 6.16. The number of urea groups is 1. The minimum atomic E-state index is -3.30. The van der Waals surface area contributed by atoms with E-state index in [9.17, 15) is 23.6 Å². The number of amides is 4. The molecule has 0 saturated carbocycles. The molecule has 106 valence electrons. The fraction of sp³-hybridized carbons (Fsp3) is 0.600. The van der Waals surface area contributed by atoms with Gasteiger partial charge in [-0.2, -0.15) is 0 Å². The van der Waals surface area contributed by atoms with Crippen LogP contribution in [0, 0.1) is 0 Å². The van der Waals surface area contributed by atoms with Crippen molar-refractivity contribution in [3.63, 3.8) is 0 Å². The molecule has 0 aliphatic carbocycles. The summed E-state index contributed by atoms with van der Waals surface area (Å²) in [5.41, 5.74) is -3.30. The van der Waals surface area contributed by atoms with E-state index in [1.165, 1.54) is 6.92 Å². The van der Waals surface area contributed by atoms with E-state index in [1.54, 1.807) is 5.32 Å². The van der Waals surface area contributed by atoms with Gasteiger partial charge in [0.1, 0.15) is 0 Å². The number of carbonyl (C=O) groups excluding carboxylic acids is 4. The third-order valence-corrected chi connectivity index (χ3v) is 2.48. The fourth-order valence-corrected chi connectivity index (χ4v) is 1.65. The number of nitrogens with one attached hydrogen (secondary N) is 1. The van der Waals surface area contributed by atoms with E-state index in [-0.39, 0.29) is 6.61 Å². The highest BCUT2D eigenvalue weighted by atomic mass is 19.1. The molecule has 1 rings (SSSR count). The van der Waals surface area contributed by atoms with Gasteiger partial charge in [0, 0.05) is 14.0 Å². The zero-order valence-electron chi connectivity index (χ0n) is 10.6. The first-order chi connectivity index (χ1) is 8.80. The molecule has 19 heavy (non-hydrogen) atoms. The average Bonchev–Trinajstić information content (AvgIpc) is 2.32. The van der Waals surface area contributed by atoms with Crippen molar-refractivity contribution >= 4 is 23.8 Å². The van der Waals surface area contributed by atoms with Crippen LogP contribution in [0.3, 0.4) is 0 Å². The number of rotatable bonds is 3. The van der Waals surface area contributed by atoms with E-state index in [0.717, 1.165) is 14.0 Å². The molecule has 2 unspecified atom stereocenters. The molecule has 0 aromatic rings. The van der Waals surface area contributed by atoms with Crippen molar-refractivity contribution in [1.29, 1.82) is 0 Å². The smallest absolute Gasteiger partial charge is 0.358 e. The van der Waals surface area contributed by atoms with Crippen LogP contribution in [-0.4, -0.2) is 54.3 Å². The third-order valence-electron chi connectivity index (χ3n) is 2.48. The lowest BCUT2D eigenvalue weighted by molar-refractivity contribution is -0.189. The Bertz CT molecular complexity index is 440. The number of hydrogen-bond donors (Lipinski definition) is 1. The second kappa shape index (κ2) is 5.31. The van der Waals surface area contributed by atoms with Crippen molar-refractivity contribution in [3.8, 4) is 0 Å². The topological polar surface area (TPSA) is 102 Å². The molecule has 1 aliphatic rings. The first-order valence-corrected chi connectivity index (χ1v) is 5.34. The van der Waals surface area contributed by atoms with E-state index in [2.05, 4.69) is 9.47 Å². The van der Waals surface area contributed by atoms with Gasteiger partial charge in [-0.15, -0.1) is 0 Å². The van der Waals surface area contributed by atoms with E-state index in [1.807, 2.05) is 0 Å². The third kappa shape index (κ3) is 2.28. The summed E-state index contributed by atoms with van der Waals surface area (Å²) >= 11 is 0. The van der Waals surface area contributed by atoms with Crippen molar-refractivity contribution in [3.05, 3.63) is 0 Å². The quantitative estimate of drug-likeness (QED) is 0.541. The van der Waals surface area contributed by atoms with Gasteiger partial charge in [-0.3, -0.25) is 14.9 Å². The molecule has 0 radical (unpaired) electrons. The number of esters is 1. The van der Waals surface area contributed by atoms with Gasteiger partial charge < -0.3 is 9.47 Å². The minimum Gasteiger partial charge on any atom is -0.463 e. The summed E-state index contributed by atoms with van der Waals surface area (Å²) in [5.74, 6) is -3.94. The number of nitrogens with zero attached hydrogens (tertiary/aromatic N) is 1. The molecular weight excluding hydrogens is 263 g/mol. The van der Waals surface area contributed by atoms with Crippen LogP contribution in [0.15, 0.2) is 0 Å². The zero-order chi connectivity index (χ0) is 14.8. The lowest BCUT2D eigenvalue weighted by Gasteiger charge is -2.39. The lowest BCUT2D eigenvalue weighted by atomic mass is 9.99. The molecule has 1 aliphatic heterocycles. The average molecular weight is 276 g/mol. The monoisotopic (exact) mass is 276 g/mol. The molecule has 8 nitrogen and oxygen atoms in total. The van der Waals surface area contributed by atoms with Gasteiger partial charge in [0.05, 0.1) is 6.61 Å². The number of methoxy groups -OCH3 is 1. The number of halogens is 1. The normalized spacial score (nSPS) is 26.9. The summed E-state index contributed by atoms with van der Waals surface area (Å²) in [6.45, 7) is 2.20. The number of carbonyl (C=O) groups is 4. The van der Waals surface area contributed by atoms with Crippen LogP contribution < -0.4 is 5.32 Å². The zero-order valence-corrected chi connectivity index (χ0v) is 10.6. The van der Waals surface area contributed by atoms with Crippen molar-refractivity contribution < 1.29 is 33.0 Å². The van der Waals surface area contributed by atoms with Gasteiger partial charge in [0.15, 0.2) is 6.23 Å². The van der Waals surface area contributed by atoms with Crippen LogP contribution in [0.1, 0.15) is 13.8 Å². The van der Waals surface area contributed by atoms with Gasteiger partial charge in [-0.1, -0.05) is 0 Å². The Morgan fingerprint density at radius 2 is 2.05 bits per heavy atom. The Morgan fingerprint density at radius 1 is 1.47 bits per heavy atom. The maximum atomic E-state index is 14.6. The number of ether oxygens (including phenoxy) is 2. The first kappa shape index (κ1) is 15.0. The molecule has 1 N–H and O–H groups in total. The maximum Gasteiger partial charge on any atom is 0.358 e. The largest absolute Gasteiger partial charge is 0.463 e. The van der Waals surface area contributed by atoms with Crippen LogP contribution in [0.4, 0.5) is 9.18 Å². The molecular formula is C10H13FN2O6. The number of imide groups is 2. The summed E-state index contributed by atoms with van der Waals surface area (Å²) in [5, 5.41) is 1.58. The minimum absolute atomic E-state index is 0.178. The predicted octanol–water partition coefficient (Wildman–Crippen LogP) is -0.671. The van der Waals surface area contributed by atoms with Crippen molar-refractivity contribution in [2.75, 3.05) is 13.7 Å². The number of hydrogen-bond acceptors (Lipinski definition) is 6. The summed E-state index contributed by atoms with van der Waals surface area (Å²) in [6.07, 6.45) is -2.01. The molecule has 0 spiro atoms. The fourth-order valence-electron chi connectivity index (χ4n) is 1.65. The van der Waals surface area contributed by atoms with Gasteiger partial charge in [-0.25, -0.2) is 18.9 Å². The van der Waals surface area contributed by atoms with E-state index in [4.69, 9.17) is 0 Å². The van der Waals surface area contributed by atoms with E-state index < -0.39 is 35.7 Å². The predicted molar refractivity (Wildman–Crippen MR) is 57.3 cm³/mol. The Hall–Kier alpha value is -2.03.